The van der Waals surface area contributed by atoms with Crippen LogP contribution in [0.3, 0.4) is 0 Å². The van der Waals surface area contributed by atoms with Crippen LogP contribution in [0.5, 0.6) is 5.75 Å². The molecule has 1 aromatic carbocycles. The maximum atomic E-state index is 13.2. The summed E-state index contributed by atoms with van der Waals surface area (Å²) in [5, 5.41) is 9.16. The van der Waals surface area contributed by atoms with Crippen molar-refractivity contribution in [1.29, 1.82) is 5.26 Å². The molecule has 2 aromatic rings. The average molecular weight is 333 g/mol. The fraction of sp³-hybridized carbons (Fsp3) is 0.235. The van der Waals surface area contributed by atoms with Crippen molar-refractivity contribution in [2.45, 2.75) is 20.0 Å². The van der Waals surface area contributed by atoms with E-state index in [1.54, 1.807) is 6.07 Å². The summed E-state index contributed by atoms with van der Waals surface area (Å²) in [5.74, 6) is -5.04. The number of halogens is 2. The van der Waals surface area contributed by atoms with Crippen molar-refractivity contribution in [1.82, 2.24) is 0 Å². The number of furan rings is 1. The van der Waals surface area contributed by atoms with Gasteiger partial charge in [0.1, 0.15) is 11.5 Å². The van der Waals surface area contributed by atoms with E-state index in [1.807, 2.05) is 0 Å². The molecule has 0 aliphatic heterocycles. The molecule has 1 heterocycles. The lowest BCUT2D eigenvalue weighted by Crippen LogP contribution is -2.34. The Balaban J connectivity index is 2.16. The highest BCUT2D eigenvalue weighted by Gasteiger charge is 2.33. The smallest absolute Gasteiger partial charge is 0.197 e. The summed E-state index contributed by atoms with van der Waals surface area (Å²) in [7, 11) is 0. The summed E-state index contributed by atoms with van der Waals surface area (Å²) in [6.07, 6.45) is 0.0820. The highest BCUT2D eigenvalue weighted by Crippen LogP contribution is 2.20. The lowest BCUT2D eigenvalue weighted by Gasteiger charge is -2.16. The molecular weight excluding hydrogens is 320 g/mol. The van der Waals surface area contributed by atoms with E-state index < -0.39 is 35.2 Å². The SMILES string of the molecule is Cc1occc1C(=O)[C@H](C#N)C(=O)[C@H](C)Oc1ccc(F)c(F)c1. The Bertz CT molecular complexity index is 822. The van der Waals surface area contributed by atoms with Crippen LogP contribution in [-0.4, -0.2) is 17.7 Å². The molecule has 0 saturated heterocycles. The zero-order valence-corrected chi connectivity index (χ0v) is 12.9. The maximum Gasteiger partial charge on any atom is 0.197 e. The predicted octanol–water partition coefficient (Wildman–Crippen LogP) is 3.23. The van der Waals surface area contributed by atoms with Crippen LogP contribution in [0, 0.1) is 35.8 Å². The van der Waals surface area contributed by atoms with Crippen LogP contribution in [0.25, 0.3) is 0 Å². The number of nitriles is 1. The Labute approximate surface area is 136 Å². The van der Waals surface area contributed by atoms with E-state index >= 15 is 0 Å². The minimum absolute atomic E-state index is 0.0848. The molecule has 1 aromatic heterocycles. The van der Waals surface area contributed by atoms with Crippen LogP contribution in [0.15, 0.2) is 34.9 Å². The summed E-state index contributed by atoms with van der Waals surface area (Å²) in [4.78, 5) is 24.6. The van der Waals surface area contributed by atoms with E-state index in [0.717, 1.165) is 18.2 Å². The van der Waals surface area contributed by atoms with E-state index in [-0.39, 0.29) is 11.3 Å². The van der Waals surface area contributed by atoms with Gasteiger partial charge in [0.05, 0.1) is 17.9 Å². The molecule has 5 nitrogen and oxygen atoms in total. The molecule has 0 bridgehead atoms. The van der Waals surface area contributed by atoms with Crippen LogP contribution in [-0.2, 0) is 4.79 Å². The summed E-state index contributed by atoms with van der Waals surface area (Å²) < 4.78 is 36.2. The Morgan fingerprint density at radius 2 is 1.96 bits per heavy atom. The number of benzene rings is 1. The number of ketones is 2. The molecule has 0 aliphatic carbocycles. The van der Waals surface area contributed by atoms with Gasteiger partial charge in [-0.1, -0.05) is 0 Å². The fourth-order valence-corrected chi connectivity index (χ4v) is 2.09. The third-order valence-corrected chi connectivity index (χ3v) is 3.40. The molecule has 7 heteroatoms. The van der Waals surface area contributed by atoms with Gasteiger partial charge in [0, 0.05) is 6.07 Å². The Morgan fingerprint density at radius 1 is 1.25 bits per heavy atom. The average Bonchev–Trinajstić information content (AvgIpc) is 2.97. The Kier molecular flexibility index (Phi) is 5.09. The Hall–Kier alpha value is -3.01. The Morgan fingerprint density at radius 3 is 2.50 bits per heavy atom. The van der Waals surface area contributed by atoms with Crippen molar-refractivity contribution in [3.8, 4) is 11.8 Å². The van der Waals surface area contributed by atoms with Gasteiger partial charge in [-0.05, 0) is 32.0 Å². The monoisotopic (exact) mass is 333 g/mol. The minimum atomic E-state index is -1.58. The van der Waals surface area contributed by atoms with E-state index in [4.69, 9.17) is 14.4 Å². The van der Waals surface area contributed by atoms with Crippen LogP contribution in [0.2, 0.25) is 0 Å². The highest BCUT2D eigenvalue weighted by atomic mass is 19.2. The van der Waals surface area contributed by atoms with E-state index in [1.165, 1.54) is 26.2 Å². The maximum absolute atomic E-state index is 13.2. The molecule has 0 N–H and O–H groups in total. The van der Waals surface area contributed by atoms with Crippen LogP contribution >= 0.6 is 0 Å². The number of Topliss-reactive ketones (excluding diaryl/α,β-unsaturated/α-hetero) is 2. The summed E-state index contributed by atoms with van der Waals surface area (Å²) >= 11 is 0. The number of hydrogen-bond donors (Lipinski definition) is 0. The number of aryl methyl sites for hydroxylation is 1. The lowest BCUT2D eigenvalue weighted by atomic mass is 9.93. The number of carbonyl (C=O) groups excluding carboxylic acids is 2. The van der Waals surface area contributed by atoms with Crippen molar-refractivity contribution in [3.05, 3.63) is 53.5 Å². The molecule has 2 rings (SSSR count). The minimum Gasteiger partial charge on any atom is -0.483 e. The van der Waals surface area contributed by atoms with Gasteiger partial charge in [0.15, 0.2) is 35.2 Å². The predicted molar refractivity (Wildman–Crippen MR) is 78.3 cm³/mol. The van der Waals surface area contributed by atoms with E-state index in [2.05, 4.69) is 0 Å². The first-order valence-electron chi connectivity index (χ1n) is 6.98. The summed E-state index contributed by atoms with van der Waals surface area (Å²) in [6, 6.07) is 5.80. The third kappa shape index (κ3) is 3.49. The number of hydrogen-bond acceptors (Lipinski definition) is 5. The van der Waals surface area contributed by atoms with Crippen molar-refractivity contribution in [3.63, 3.8) is 0 Å². The molecule has 0 saturated carbocycles. The molecule has 0 unspecified atom stereocenters. The van der Waals surface area contributed by atoms with Crippen molar-refractivity contribution >= 4 is 11.6 Å². The van der Waals surface area contributed by atoms with Gasteiger partial charge in [0.25, 0.3) is 0 Å². The fourth-order valence-electron chi connectivity index (χ4n) is 2.09. The second-order valence-electron chi connectivity index (χ2n) is 5.06. The number of rotatable bonds is 6. The highest BCUT2D eigenvalue weighted by molar-refractivity contribution is 6.14. The van der Waals surface area contributed by atoms with Gasteiger partial charge in [-0.25, -0.2) is 8.78 Å². The molecule has 0 radical (unpaired) electrons. The zero-order valence-electron chi connectivity index (χ0n) is 12.9. The van der Waals surface area contributed by atoms with Gasteiger partial charge < -0.3 is 9.15 Å². The van der Waals surface area contributed by atoms with Crippen molar-refractivity contribution in [2.75, 3.05) is 0 Å². The van der Waals surface area contributed by atoms with Crippen LogP contribution in [0.1, 0.15) is 23.0 Å². The first-order chi connectivity index (χ1) is 11.3. The van der Waals surface area contributed by atoms with Gasteiger partial charge in [-0.15, -0.1) is 0 Å². The molecule has 0 fully saturated rings. The van der Waals surface area contributed by atoms with Gasteiger partial charge >= 0.3 is 0 Å². The van der Waals surface area contributed by atoms with Crippen molar-refractivity contribution in [2.24, 2.45) is 5.92 Å². The number of ether oxygens (including phenoxy) is 1. The quantitative estimate of drug-likeness (QED) is 0.599. The first kappa shape index (κ1) is 17.3. The molecule has 0 aliphatic rings. The van der Waals surface area contributed by atoms with Gasteiger partial charge in [0.2, 0.25) is 0 Å². The normalized spacial score (nSPS) is 13.0. The second-order valence-corrected chi connectivity index (χ2v) is 5.06. The van der Waals surface area contributed by atoms with Gasteiger partial charge in [-0.2, -0.15) is 5.26 Å². The van der Waals surface area contributed by atoms with Crippen LogP contribution in [0.4, 0.5) is 8.78 Å². The molecule has 24 heavy (non-hydrogen) atoms. The van der Waals surface area contributed by atoms with E-state index in [0.29, 0.717) is 5.76 Å². The molecule has 0 amide bonds. The zero-order chi connectivity index (χ0) is 17.9. The summed E-state index contributed by atoms with van der Waals surface area (Å²) in [5.41, 5.74) is 0.134. The molecule has 0 spiro atoms. The van der Waals surface area contributed by atoms with Crippen LogP contribution < -0.4 is 4.74 Å². The van der Waals surface area contributed by atoms with E-state index in [9.17, 15) is 18.4 Å². The number of nitrogens with zero attached hydrogens (tertiary/aromatic N) is 1. The molecule has 2 atom stereocenters. The lowest BCUT2D eigenvalue weighted by molar-refractivity contribution is -0.126. The third-order valence-electron chi connectivity index (χ3n) is 3.40. The van der Waals surface area contributed by atoms with Crippen molar-refractivity contribution < 1.29 is 27.5 Å². The molecular formula is C17H13F2NO4. The molecule has 124 valence electrons. The van der Waals surface area contributed by atoms with Gasteiger partial charge in [-0.3, -0.25) is 9.59 Å². The first-order valence-corrected chi connectivity index (χ1v) is 6.98. The second kappa shape index (κ2) is 7.04. The standard InChI is InChI=1S/C17H13F2NO4/c1-9-12(5-6-23-9)17(22)13(8-20)16(21)10(2)24-11-3-4-14(18)15(19)7-11/h3-7,10,13H,1-2H3/t10-,13+/m0/s1. The number of carbonyl (C=O) groups is 2. The topological polar surface area (TPSA) is 80.3 Å². The largest absolute Gasteiger partial charge is 0.483 e. The summed E-state index contributed by atoms with van der Waals surface area (Å²) in [6.45, 7) is 2.86.